The number of rotatable bonds is 11. The maximum Gasteiger partial charge on any atom is 0.323 e. The highest BCUT2D eigenvalue weighted by Gasteiger charge is 2.29. The number of ether oxygens (including phenoxy) is 4. The summed E-state index contributed by atoms with van der Waals surface area (Å²) >= 11 is 0. The molecule has 2 aliphatic carbocycles. The minimum atomic E-state index is -0.742. The number of nitrogens with two attached hydrogens (primary N) is 1. The van der Waals surface area contributed by atoms with E-state index in [-0.39, 0.29) is 30.5 Å². The molecule has 1 aromatic heterocycles. The summed E-state index contributed by atoms with van der Waals surface area (Å²) in [7, 11) is 1.56. The number of esters is 1. The molecule has 1 amide bonds. The second-order valence-corrected chi connectivity index (χ2v) is 9.81. The van der Waals surface area contributed by atoms with Crippen molar-refractivity contribution in [2.24, 2.45) is 11.7 Å². The van der Waals surface area contributed by atoms with Gasteiger partial charge in [0.05, 0.1) is 19.2 Å². The predicted molar refractivity (Wildman–Crippen MR) is 143 cm³/mol. The zero-order valence-corrected chi connectivity index (χ0v) is 21.5. The fraction of sp³-hybridized carbons (Fsp3) is 0.414. The van der Waals surface area contributed by atoms with Gasteiger partial charge >= 0.3 is 5.97 Å². The Hall–Kier alpha value is -3.85. The molecule has 2 aliphatic rings. The number of amides is 1. The van der Waals surface area contributed by atoms with E-state index < -0.39 is 6.04 Å². The highest BCUT2D eigenvalue weighted by atomic mass is 16.5. The number of hydrogen-bond acceptors (Lipinski definition) is 8. The van der Waals surface area contributed by atoms with Gasteiger partial charge in [0.1, 0.15) is 23.6 Å². The van der Waals surface area contributed by atoms with Crippen molar-refractivity contribution < 1.29 is 28.5 Å². The van der Waals surface area contributed by atoms with Crippen molar-refractivity contribution in [3.8, 4) is 23.0 Å². The number of carbonyl (C=O) groups is 2. The first-order valence-electron chi connectivity index (χ1n) is 13.1. The maximum atomic E-state index is 12.3. The SMILES string of the molecule is COc1cc2c(Oc3ccc(NC(=O)C4CC4)cc3)ccnc2cc1OCC[C@H](N)C(=O)OC1CCCC1. The third-order valence-electron chi connectivity index (χ3n) is 6.86. The second kappa shape index (κ2) is 11.7. The molecule has 2 saturated carbocycles. The summed E-state index contributed by atoms with van der Waals surface area (Å²) in [6.07, 6.45) is 7.88. The van der Waals surface area contributed by atoms with Crippen molar-refractivity contribution in [3.05, 3.63) is 48.7 Å². The van der Waals surface area contributed by atoms with Crippen LogP contribution in [0, 0.1) is 5.92 Å². The van der Waals surface area contributed by atoms with E-state index in [1.54, 1.807) is 25.4 Å². The summed E-state index contributed by atoms with van der Waals surface area (Å²) in [6, 6.07) is 11.9. The summed E-state index contributed by atoms with van der Waals surface area (Å²) < 4.78 is 23.1. The first kappa shape index (κ1) is 25.8. The largest absolute Gasteiger partial charge is 0.493 e. The van der Waals surface area contributed by atoms with Crippen LogP contribution in [0.15, 0.2) is 48.7 Å². The van der Waals surface area contributed by atoms with Crippen LogP contribution in [0.1, 0.15) is 44.9 Å². The van der Waals surface area contributed by atoms with Crippen LogP contribution < -0.4 is 25.3 Å². The van der Waals surface area contributed by atoms with E-state index in [1.165, 1.54) is 0 Å². The van der Waals surface area contributed by atoms with Crippen molar-refractivity contribution in [1.29, 1.82) is 0 Å². The van der Waals surface area contributed by atoms with E-state index in [9.17, 15) is 9.59 Å². The van der Waals surface area contributed by atoms with Crippen molar-refractivity contribution >= 4 is 28.5 Å². The minimum Gasteiger partial charge on any atom is -0.493 e. The molecular formula is C29H33N3O6. The van der Waals surface area contributed by atoms with Gasteiger partial charge in [-0.3, -0.25) is 14.6 Å². The summed E-state index contributed by atoms with van der Waals surface area (Å²) in [6.45, 7) is 0.225. The molecule has 0 saturated heterocycles. The van der Waals surface area contributed by atoms with E-state index in [4.69, 9.17) is 24.7 Å². The van der Waals surface area contributed by atoms with E-state index in [0.29, 0.717) is 34.9 Å². The van der Waals surface area contributed by atoms with Crippen LogP contribution in [0.5, 0.6) is 23.0 Å². The Morgan fingerprint density at radius 2 is 1.79 bits per heavy atom. The van der Waals surface area contributed by atoms with Crippen molar-refractivity contribution in [1.82, 2.24) is 4.98 Å². The average molecular weight is 520 g/mol. The molecule has 0 bridgehead atoms. The van der Waals surface area contributed by atoms with Gasteiger partial charge in [0, 0.05) is 35.7 Å². The number of hydrogen-bond donors (Lipinski definition) is 2. The summed E-state index contributed by atoms with van der Waals surface area (Å²) in [5.41, 5.74) is 7.43. The molecule has 2 fully saturated rings. The molecule has 1 atom stereocenters. The molecular weight excluding hydrogens is 486 g/mol. The lowest BCUT2D eigenvalue weighted by Crippen LogP contribution is -2.35. The quantitative estimate of drug-likeness (QED) is 0.341. The predicted octanol–water partition coefficient (Wildman–Crippen LogP) is 4.97. The third kappa shape index (κ3) is 6.34. The number of pyridine rings is 1. The van der Waals surface area contributed by atoms with Gasteiger partial charge in [-0.25, -0.2) is 0 Å². The number of methoxy groups -OCH3 is 1. The molecule has 1 heterocycles. The lowest BCUT2D eigenvalue weighted by atomic mass is 10.1. The molecule has 9 heteroatoms. The number of aromatic nitrogens is 1. The minimum absolute atomic E-state index is 0.0105. The van der Waals surface area contributed by atoms with Crippen LogP contribution in [0.4, 0.5) is 5.69 Å². The highest BCUT2D eigenvalue weighted by Crippen LogP contribution is 2.37. The number of carbonyl (C=O) groups excluding carboxylic acids is 2. The number of benzene rings is 2. The number of nitrogens with one attached hydrogen (secondary N) is 1. The molecule has 38 heavy (non-hydrogen) atoms. The van der Waals surface area contributed by atoms with Gasteiger partial charge in [-0.2, -0.15) is 0 Å². The molecule has 2 aromatic carbocycles. The lowest BCUT2D eigenvalue weighted by Gasteiger charge is -2.17. The fourth-order valence-corrected chi connectivity index (χ4v) is 4.48. The Morgan fingerprint density at radius 3 is 2.50 bits per heavy atom. The van der Waals surface area contributed by atoms with Crippen LogP contribution in [0.2, 0.25) is 0 Å². The molecule has 0 unspecified atom stereocenters. The Bertz CT molecular complexity index is 1290. The fourth-order valence-electron chi connectivity index (χ4n) is 4.48. The molecule has 3 N–H and O–H groups in total. The topological polar surface area (TPSA) is 122 Å². The van der Waals surface area contributed by atoms with E-state index in [0.717, 1.165) is 49.6 Å². The van der Waals surface area contributed by atoms with Crippen molar-refractivity contribution in [2.75, 3.05) is 19.0 Å². The van der Waals surface area contributed by atoms with Crippen LogP contribution in [-0.2, 0) is 14.3 Å². The van der Waals surface area contributed by atoms with E-state index in [2.05, 4.69) is 10.3 Å². The van der Waals surface area contributed by atoms with Gasteiger partial charge in [-0.15, -0.1) is 0 Å². The molecule has 3 aromatic rings. The van der Waals surface area contributed by atoms with Crippen molar-refractivity contribution in [2.45, 2.75) is 57.1 Å². The molecule has 0 radical (unpaired) electrons. The van der Waals surface area contributed by atoms with Crippen LogP contribution in [0.25, 0.3) is 10.9 Å². The third-order valence-corrected chi connectivity index (χ3v) is 6.86. The normalized spacial score (nSPS) is 16.2. The second-order valence-electron chi connectivity index (χ2n) is 9.81. The van der Waals surface area contributed by atoms with Crippen molar-refractivity contribution in [3.63, 3.8) is 0 Å². The monoisotopic (exact) mass is 519 g/mol. The Balaban J connectivity index is 1.22. The number of anilines is 1. The van der Waals surface area contributed by atoms with Gasteiger partial charge in [0.25, 0.3) is 0 Å². The van der Waals surface area contributed by atoms with Crippen LogP contribution in [-0.4, -0.2) is 42.7 Å². The molecule has 200 valence electrons. The Morgan fingerprint density at radius 1 is 1.03 bits per heavy atom. The van der Waals surface area contributed by atoms with Gasteiger partial charge in [0.15, 0.2) is 11.5 Å². The molecule has 9 nitrogen and oxygen atoms in total. The van der Waals surface area contributed by atoms with Gasteiger partial charge < -0.3 is 30.0 Å². The molecule has 0 spiro atoms. The highest BCUT2D eigenvalue weighted by molar-refractivity contribution is 5.94. The first-order chi connectivity index (χ1) is 18.5. The molecule has 5 rings (SSSR count). The number of nitrogens with zero attached hydrogens (tertiary/aromatic N) is 1. The standard InChI is InChI=1S/C29H33N3O6/c1-35-26-16-22-24(17-27(26)36-15-13-23(30)29(34)38-20-4-2-3-5-20)31-14-12-25(22)37-21-10-8-19(9-11-21)32-28(33)18-6-7-18/h8-12,14,16-18,20,23H,2-7,13,15,30H2,1H3,(H,32,33)/t23-/m0/s1. The lowest BCUT2D eigenvalue weighted by molar-refractivity contribution is -0.150. The maximum absolute atomic E-state index is 12.3. The average Bonchev–Trinajstić information content (AvgIpc) is 3.66. The summed E-state index contributed by atoms with van der Waals surface area (Å²) in [4.78, 5) is 28.7. The van der Waals surface area contributed by atoms with Gasteiger partial charge in [-0.1, -0.05) is 0 Å². The Kier molecular flexibility index (Phi) is 7.93. The van der Waals surface area contributed by atoms with E-state index in [1.807, 2.05) is 30.3 Å². The molecule has 0 aliphatic heterocycles. The summed E-state index contributed by atoms with van der Waals surface area (Å²) in [5, 5.41) is 3.67. The number of fused-ring (bicyclic) bond motifs is 1. The zero-order valence-electron chi connectivity index (χ0n) is 21.5. The van der Waals surface area contributed by atoms with E-state index >= 15 is 0 Å². The van der Waals surface area contributed by atoms with Crippen LogP contribution in [0.3, 0.4) is 0 Å². The summed E-state index contributed by atoms with van der Waals surface area (Å²) in [5.74, 6) is 2.06. The first-order valence-corrected chi connectivity index (χ1v) is 13.1. The van der Waals surface area contributed by atoms with Crippen LogP contribution >= 0.6 is 0 Å². The van der Waals surface area contributed by atoms with Gasteiger partial charge in [0.2, 0.25) is 5.91 Å². The van der Waals surface area contributed by atoms with Gasteiger partial charge in [-0.05, 0) is 74.9 Å². The smallest absolute Gasteiger partial charge is 0.323 e. The Labute approximate surface area is 221 Å². The zero-order chi connectivity index (χ0) is 26.5.